The van der Waals surface area contributed by atoms with Gasteiger partial charge in [0.05, 0.1) is 17.1 Å². The van der Waals surface area contributed by atoms with Gasteiger partial charge in [-0.1, -0.05) is 6.07 Å². The van der Waals surface area contributed by atoms with Gasteiger partial charge in [-0.25, -0.2) is 0 Å². The molecule has 1 amide bonds. The van der Waals surface area contributed by atoms with E-state index in [4.69, 9.17) is 0 Å². The first-order valence-corrected chi connectivity index (χ1v) is 6.45. The fourth-order valence-electron chi connectivity index (χ4n) is 2.42. The van der Waals surface area contributed by atoms with Crippen LogP contribution in [0.25, 0.3) is 10.9 Å². The molecule has 0 aliphatic carbocycles. The molecule has 0 aliphatic heterocycles. The van der Waals surface area contributed by atoms with E-state index in [1.165, 1.54) is 0 Å². The normalized spacial score (nSPS) is 10.9. The van der Waals surface area contributed by atoms with Crippen molar-refractivity contribution in [3.63, 3.8) is 0 Å². The predicted octanol–water partition coefficient (Wildman–Crippen LogP) is 2.77. The molecule has 0 unspecified atom stereocenters. The maximum atomic E-state index is 12.5. The number of anilines is 1. The molecule has 0 atom stereocenters. The number of rotatable bonds is 2. The molecule has 0 spiro atoms. The largest absolute Gasteiger partial charge is 0.351 e. The monoisotopic (exact) mass is 268 g/mol. The maximum Gasteiger partial charge on any atom is 0.256 e. The van der Waals surface area contributed by atoms with Crippen molar-refractivity contribution >= 4 is 22.5 Å². The summed E-state index contributed by atoms with van der Waals surface area (Å²) in [6.45, 7) is 3.75. The van der Waals surface area contributed by atoms with Gasteiger partial charge in [-0.3, -0.25) is 9.89 Å². The molecule has 3 rings (SSSR count). The molecule has 1 aromatic carbocycles. The van der Waals surface area contributed by atoms with Crippen LogP contribution in [0.1, 0.15) is 21.7 Å². The minimum atomic E-state index is -0.116. The molecule has 0 aliphatic rings. The van der Waals surface area contributed by atoms with Gasteiger partial charge in [-0.2, -0.15) is 5.10 Å². The van der Waals surface area contributed by atoms with Crippen molar-refractivity contribution in [2.75, 3.05) is 5.32 Å². The molecule has 0 bridgehead atoms. The Hall–Kier alpha value is -2.56. The summed E-state index contributed by atoms with van der Waals surface area (Å²) >= 11 is 0. The Kier molecular flexibility index (Phi) is 2.82. The Bertz CT molecular complexity index is 778. The van der Waals surface area contributed by atoms with Crippen LogP contribution in [0, 0.1) is 13.8 Å². The van der Waals surface area contributed by atoms with Crippen LogP contribution in [0.4, 0.5) is 5.69 Å². The Morgan fingerprint density at radius 2 is 2.10 bits per heavy atom. The molecule has 0 fully saturated rings. The van der Waals surface area contributed by atoms with E-state index >= 15 is 0 Å². The average Bonchev–Trinajstić information content (AvgIpc) is 2.96. The minimum absolute atomic E-state index is 0.116. The number of nitrogens with zero attached hydrogens (tertiary/aromatic N) is 2. The lowest BCUT2D eigenvalue weighted by atomic mass is 10.1. The van der Waals surface area contributed by atoms with E-state index in [-0.39, 0.29) is 5.91 Å². The van der Waals surface area contributed by atoms with Crippen molar-refractivity contribution in [3.8, 4) is 0 Å². The molecule has 0 radical (unpaired) electrons. The van der Waals surface area contributed by atoms with E-state index in [1.54, 1.807) is 0 Å². The van der Waals surface area contributed by atoms with Crippen LogP contribution in [0.3, 0.4) is 0 Å². The van der Waals surface area contributed by atoms with Crippen LogP contribution in [-0.4, -0.2) is 20.7 Å². The predicted molar refractivity (Wildman–Crippen MR) is 78.9 cm³/mol. The fraction of sp³-hybridized carbons (Fsp3) is 0.200. The van der Waals surface area contributed by atoms with Gasteiger partial charge in [0.2, 0.25) is 0 Å². The van der Waals surface area contributed by atoms with Crippen LogP contribution in [-0.2, 0) is 7.05 Å². The Morgan fingerprint density at radius 3 is 2.80 bits per heavy atom. The second-order valence-electron chi connectivity index (χ2n) is 4.93. The minimum Gasteiger partial charge on any atom is -0.351 e. The SMILES string of the molecule is Cc1n[nH]c(C)c1NC(=O)c1cccc2c1ccn2C. The standard InChI is InChI=1S/C15H16N4O/c1-9-14(10(2)18-17-9)16-15(20)12-5-4-6-13-11(12)7-8-19(13)3/h4-8H,1-3H3,(H,16,20)(H,17,18). The van der Waals surface area contributed by atoms with E-state index in [9.17, 15) is 4.79 Å². The molecular weight excluding hydrogens is 252 g/mol. The molecule has 2 aromatic heterocycles. The number of benzene rings is 1. The second kappa shape index (κ2) is 4.52. The van der Waals surface area contributed by atoms with Gasteiger partial charge in [0.1, 0.15) is 0 Å². The number of carbonyl (C=O) groups is 1. The van der Waals surface area contributed by atoms with E-state index in [0.29, 0.717) is 5.56 Å². The Balaban J connectivity index is 2.01. The summed E-state index contributed by atoms with van der Waals surface area (Å²) < 4.78 is 2.00. The van der Waals surface area contributed by atoms with Crippen molar-refractivity contribution in [2.24, 2.45) is 7.05 Å². The van der Waals surface area contributed by atoms with E-state index < -0.39 is 0 Å². The number of hydrogen-bond acceptors (Lipinski definition) is 2. The zero-order valence-electron chi connectivity index (χ0n) is 11.7. The summed E-state index contributed by atoms with van der Waals surface area (Å²) in [4.78, 5) is 12.5. The zero-order chi connectivity index (χ0) is 14.3. The second-order valence-corrected chi connectivity index (χ2v) is 4.93. The lowest BCUT2D eigenvalue weighted by Crippen LogP contribution is -2.13. The molecule has 5 heteroatoms. The number of amides is 1. The third-order valence-electron chi connectivity index (χ3n) is 3.54. The number of aromatic nitrogens is 3. The molecule has 2 heterocycles. The molecule has 0 saturated carbocycles. The third kappa shape index (κ3) is 1.87. The third-order valence-corrected chi connectivity index (χ3v) is 3.54. The molecule has 0 saturated heterocycles. The van der Waals surface area contributed by atoms with Gasteiger partial charge in [0.25, 0.3) is 5.91 Å². The lowest BCUT2D eigenvalue weighted by Gasteiger charge is -2.07. The molecule has 20 heavy (non-hydrogen) atoms. The summed E-state index contributed by atoms with van der Waals surface area (Å²) in [5.41, 5.74) is 4.11. The van der Waals surface area contributed by atoms with Crippen molar-refractivity contribution in [1.82, 2.24) is 14.8 Å². The van der Waals surface area contributed by atoms with E-state index in [2.05, 4.69) is 15.5 Å². The summed E-state index contributed by atoms with van der Waals surface area (Å²) in [5, 5.41) is 10.8. The highest BCUT2D eigenvalue weighted by atomic mass is 16.1. The number of carbonyl (C=O) groups excluding carboxylic acids is 1. The molecule has 5 nitrogen and oxygen atoms in total. The fourth-order valence-corrected chi connectivity index (χ4v) is 2.42. The first kappa shape index (κ1) is 12.5. The first-order chi connectivity index (χ1) is 9.58. The molecule has 102 valence electrons. The highest BCUT2D eigenvalue weighted by molar-refractivity contribution is 6.12. The number of H-pyrrole nitrogens is 1. The van der Waals surface area contributed by atoms with Crippen LogP contribution < -0.4 is 5.32 Å². The summed E-state index contributed by atoms with van der Waals surface area (Å²) in [6.07, 6.45) is 1.95. The van der Waals surface area contributed by atoms with Gasteiger partial charge in [-0.15, -0.1) is 0 Å². The van der Waals surface area contributed by atoms with Gasteiger partial charge in [-0.05, 0) is 32.0 Å². The topological polar surface area (TPSA) is 62.7 Å². The quantitative estimate of drug-likeness (QED) is 0.750. The van der Waals surface area contributed by atoms with Gasteiger partial charge in [0, 0.05) is 29.7 Å². The van der Waals surface area contributed by atoms with Gasteiger partial charge in [0.15, 0.2) is 0 Å². The summed E-state index contributed by atoms with van der Waals surface area (Å²) in [5.74, 6) is -0.116. The van der Waals surface area contributed by atoms with Crippen LogP contribution >= 0.6 is 0 Å². The van der Waals surface area contributed by atoms with Gasteiger partial charge >= 0.3 is 0 Å². The number of hydrogen-bond donors (Lipinski definition) is 2. The average molecular weight is 268 g/mol. The van der Waals surface area contributed by atoms with Gasteiger partial charge < -0.3 is 9.88 Å². The number of aromatic amines is 1. The molecular formula is C15H16N4O. The highest BCUT2D eigenvalue weighted by Crippen LogP contribution is 2.22. The Labute approximate surface area is 116 Å². The van der Waals surface area contributed by atoms with Crippen molar-refractivity contribution in [1.29, 1.82) is 0 Å². The van der Waals surface area contributed by atoms with Crippen molar-refractivity contribution in [3.05, 3.63) is 47.4 Å². The first-order valence-electron chi connectivity index (χ1n) is 6.45. The number of aryl methyl sites for hydroxylation is 3. The van der Waals surface area contributed by atoms with Crippen LogP contribution in [0.2, 0.25) is 0 Å². The number of fused-ring (bicyclic) bond motifs is 1. The lowest BCUT2D eigenvalue weighted by molar-refractivity contribution is 0.102. The molecule has 3 aromatic rings. The zero-order valence-corrected chi connectivity index (χ0v) is 11.7. The summed E-state index contributed by atoms with van der Waals surface area (Å²) in [7, 11) is 1.97. The van der Waals surface area contributed by atoms with E-state index in [0.717, 1.165) is 28.0 Å². The maximum absolute atomic E-state index is 12.5. The van der Waals surface area contributed by atoms with Crippen molar-refractivity contribution < 1.29 is 4.79 Å². The van der Waals surface area contributed by atoms with E-state index in [1.807, 2.05) is 55.9 Å². The highest BCUT2D eigenvalue weighted by Gasteiger charge is 2.15. The smallest absolute Gasteiger partial charge is 0.256 e. The number of nitrogens with one attached hydrogen (secondary N) is 2. The van der Waals surface area contributed by atoms with Crippen LogP contribution in [0.5, 0.6) is 0 Å². The molecule has 2 N–H and O–H groups in total. The van der Waals surface area contributed by atoms with Crippen LogP contribution in [0.15, 0.2) is 30.5 Å². The van der Waals surface area contributed by atoms with Crippen molar-refractivity contribution in [2.45, 2.75) is 13.8 Å². The Morgan fingerprint density at radius 1 is 1.30 bits per heavy atom. The summed E-state index contributed by atoms with van der Waals surface area (Å²) in [6, 6.07) is 7.69.